The van der Waals surface area contributed by atoms with Crippen molar-refractivity contribution in [1.82, 2.24) is 0 Å². The number of hydrogen-bond donors (Lipinski definition) is 1. The molecule has 0 aliphatic rings. The lowest BCUT2D eigenvalue weighted by Gasteiger charge is -2.36. The number of hydrogen-bond acceptors (Lipinski definition) is 6. The Morgan fingerprint density at radius 3 is 1.49 bits per heavy atom. The van der Waals surface area contributed by atoms with Crippen LogP contribution in [0.3, 0.4) is 0 Å². The van der Waals surface area contributed by atoms with Crippen LogP contribution in [-0.2, 0) is 19.8 Å². The van der Waals surface area contributed by atoms with Gasteiger partial charge in [0.05, 0.1) is 27.4 Å². The van der Waals surface area contributed by atoms with Crippen LogP contribution < -0.4 is 15.2 Å². The van der Waals surface area contributed by atoms with E-state index in [1.807, 2.05) is 42.5 Å². The van der Waals surface area contributed by atoms with Gasteiger partial charge in [-0.3, -0.25) is 0 Å². The number of ether oxygens (including phenoxy) is 5. The van der Waals surface area contributed by atoms with E-state index in [0.29, 0.717) is 33.0 Å². The van der Waals surface area contributed by atoms with Crippen molar-refractivity contribution in [2.24, 2.45) is 5.73 Å². The third-order valence-electron chi connectivity index (χ3n) is 6.29. The number of benzene rings is 3. The van der Waals surface area contributed by atoms with Gasteiger partial charge in [-0.15, -0.1) is 0 Å². The summed E-state index contributed by atoms with van der Waals surface area (Å²) in [5, 5.41) is 0. The Balaban J connectivity index is 1.70. The van der Waals surface area contributed by atoms with E-state index in [0.717, 1.165) is 60.5 Å². The Bertz CT molecular complexity index is 945. The lowest BCUT2D eigenvalue weighted by atomic mass is 9.80. The van der Waals surface area contributed by atoms with Gasteiger partial charge in [0.1, 0.15) is 17.1 Å². The Kier molecular flexibility index (Phi) is 12.4. The third kappa shape index (κ3) is 8.30. The van der Waals surface area contributed by atoms with E-state index in [-0.39, 0.29) is 0 Å². The Labute approximate surface area is 221 Å². The molecular formula is C31H41NO5. The van der Waals surface area contributed by atoms with Crippen LogP contribution in [-0.4, -0.2) is 53.8 Å². The minimum absolute atomic E-state index is 0.575. The maximum Gasteiger partial charge on any atom is 0.143 e. The van der Waals surface area contributed by atoms with Gasteiger partial charge in [-0.2, -0.15) is 0 Å². The molecule has 3 rings (SSSR count). The van der Waals surface area contributed by atoms with E-state index in [9.17, 15) is 0 Å². The molecule has 0 saturated carbocycles. The van der Waals surface area contributed by atoms with Crippen molar-refractivity contribution in [2.75, 3.05) is 53.8 Å². The molecule has 0 spiro atoms. The van der Waals surface area contributed by atoms with Crippen LogP contribution in [0.2, 0.25) is 0 Å². The van der Waals surface area contributed by atoms with Crippen molar-refractivity contribution < 1.29 is 23.7 Å². The molecule has 0 saturated heterocycles. The number of methoxy groups -OCH3 is 2. The third-order valence-corrected chi connectivity index (χ3v) is 6.29. The van der Waals surface area contributed by atoms with Crippen LogP contribution in [0.4, 0.5) is 0 Å². The van der Waals surface area contributed by atoms with Gasteiger partial charge in [-0.05, 0) is 73.2 Å². The standard InChI is InChI=1S/C31H41NO5/c1-33-29-16-12-27(13-17-29)31(26-10-4-3-5-11-26,28-14-18-30(34-2)19-15-28)37-23-9-8-22-36-25-24-35-21-7-6-20-32/h3-5,10-19H,6-9,20-25,32H2,1-2H3. The summed E-state index contributed by atoms with van der Waals surface area (Å²) in [6.45, 7) is 3.93. The van der Waals surface area contributed by atoms with Crippen molar-refractivity contribution in [3.05, 3.63) is 95.6 Å². The molecule has 0 aromatic heterocycles. The fraction of sp³-hybridized carbons (Fsp3) is 0.419. The molecule has 3 aromatic rings. The molecule has 6 nitrogen and oxygen atoms in total. The van der Waals surface area contributed by atoms with Gasteiger partial charge in [0.2, 0.25) is 0 Å². The number of nitrogens with two attached hydrogens (primary N) is 1. The zero-order valence-corrected chi connectivity index (χ0v) is 22.2. The van der Waals surface area contributed by atoms with E-state index in [1.54, 1.807) is 14.2 Å². The molecule has 0 heterocycles. The first-order chi connectivity index (χ1) is 18.2. The van der Waals surface area contributed by atoms with Crippen molar-refractivity contribution in [2.45, 2.75) is 31.3 Å². The molecule has 0 bridgehead atoms. The summed E-state index contributed by atoms with van der Waals surface area (Å²) in [6, 6.07) is 26.6. The zero-order chi connectivity index (χ0) is 26.2. The summed E-state index contributed by atoms with van der Waals surface area (Å²) >= 11 is 0. The maximum absolute atomic E-state index is 6.85. The van der Waals surface area contributed by atoms with Crippen molar-refractivity contribution in [3.8, 4) is 11.5 Å². The number of unbranched alkanes of at least 4 members (excludes halogenated alkanes) is 2. The highest BCUT2D eigenvalue weighted by Gasteiger charge is 2.37. The SMILES string of the molecule is COc1ccc(C(OCCCCOCCOCCCCN)(c2ccccc2)c2ccc(OC)cc2)cc1. The summed E-state index contributed by atoms with van der Waals surface area (Å²) in [7, 11) is 3.35. The molecule has 200 valence electrons. The predicted molar refractivity (Wildman–Crippen MR) is 147 cm³/mol. The fourth-order valence-electron chi connectivity index (χ4n) is 4.28. The maximum atomic E-state index is 6.85. The van der Waals surface area contributed by atoms with Crippen molar-refractivity contribution in [1.29, 1.82) is 0 Å². The second-order valence-electron chi connectivity index (χ2n) is 8.78. The van der Waals surface area contributed by atoms with Crippen LogP contribution >= 0.6 is 0 Å². The first kappa shape index (κ1) is 28.7. The average molecular weight is 508 g/mol. The van der Waals surface area contributed by atoms with Gasteiger partial charge in [0, 0.05) is 19.8 Å². The van der Waals surface area contributed by atoms with E-state index >= 15 is 0 Å². The lowest BCUT2D eigenvalue weighted by Crippen LogP contribution is -2.33. The molecule has 0 amide bonds. The molecule has 0 fully saturated rings. The zero-order valence-electron chi connectivity index (χ0n) is 22.2. The van der Waals surface area contributed by atoms with Crippen molar-refractivity contribution in [3.63, 3.8) is 0 Å². The second kappa shape index (κ2) is 16.0. The molecule has 0 atom stereocenters. The highest BCUT2D eigenvalue weighted by molar-refractivity contribution is 5.49. The fourth-order valence-corrected chi connectivity index (χ4v) is 4.28. The van der Waals surface area contributed by atoms with E-state index in [2.05, 4.69) is 36.4 Å². The Morgan fingerprint density at radius 2 is 1.00 bits per heavy atom. The first-order valence-electron chi connectivity index (χ1n) is 13.1. The van der Waals surface area contributed by atoms with E-state index in [4.69, 9.17) is 29.4 Å². The molecule has 0 unspecified atom stereocenters. The molecule has 3 aromatic carbocycles. The van der Waals surface area contributed by atoms with Crippen molar-refractivity contribution >= 4 is 0 Å². The lowest BCUT2D eigenvalue weighted by molar-refractivity contribution is 0.00459. The van der Waals surface area contributed by atoms with Crippen LogP contribution in [0.5, 0.6) is 11.5 Å². The van der Waals surface area contributed by atoms with Crippen LogP contribution in [0.15, 0.2) is 78.9 Å². The Morgan fingerprint density at radius 1 is 0.541 bits per heavy atom. The second-order valence-corrected chi connectivity index (χ2v) is 8.78. The summed E-state index contributed by atoms with van der Waals surface area (Å²) in [6.07, 6.45) is 3.78. The quantitative estimate of drug-likeness (QED) is 0.179. The van der Waals surface area contributed by atoms with E-state index in [1.165, 1.54) is 0 Å². The summed E-state index contributed by atoms with van der Waals surface area (Å²) in [4.78, 5) is 0. The predicted octanol–water partition coefficient (Wildman–Crippen LogP) is 5.56. The molecular weight excluding hydrogens is 466 g/mol. The van der Waals surface area contributed by atoms with Gasteiger partial charge in [-0.25, -0.2) is 0 Å². The Hall–Kier alpha value is -2.90. The number of rotatable bonds is 18. The highest BCUT2D eigenvalue weighted by Crippen LogP contribution is 2.41. The minimum Gasteiger partial charge on any atom is -0.497 e. The van der Waals surface area contributed by atoms with Gasteiger partial charge < -0.3 is 29.4 Å². The summed E-state index contributed by atoms with van der Waals surface area (Å²) in [5.41, 5.74) is 7.85. The highest BCUT2D eigenvalue weighted by atomic mass is 16.5. The molecule has 6 heteroatoms. The topological polar surface area (TPSA) is 72.2 Å². The summed E-state index contributed by atoms with van der Waals surface area (Å²) in [5.74, 6) is 1.61. The van der Waals surface area contributed by atoms with Gasteiger partial charge in [-0.1, -0.05) is 54.6 Å². The van der Waals surface area contributed by atoms with Gasteiger partial charge >= 0.3 is 0 Å². The largest absolute Gasteiger partial charge is 0.497 e. The van der Waals surface area contributed by atoms with Gasteiger partial charge in [0.25, 0.3) is 0 Å². The monoisotopic (exact) mass is 507 g/mol. The summed E-state index contributed by atoms with van der Waals surface area (Å²) < 4.78 is 29.0. The molecule has 2 N–H and O–H groups in total. The molecule has 0 aliphatic carbocycles. The smallest absolute Gasteiger partial charge is 0.143 e. The van der Waals surface area contributed by atoms with Crippen LogP contribution in [0.25, 0.3) is 0 Å². The molecule has 0 aliphatic heterocycles. The minimum atomic E-state index is -0.780. The first-order valence-corrected chi connectivity index (χ1v) is 13.1. The molecule has 37 heavy (non-hydrogen) atoms. The van der Waals surface area contributed by atoms with Crippen LogP contribution in [0.1, 0.15) is 42.4 Å². The van der Waals surface area contributed by atoms with Gasteiger partial charge in [0.15, 0.2) is 0 Å². The molecule has 0 radical (unpaired) electrons. The van der Waals surface area contributed by atoms with Crippen LogP contribution in [0, 0.1) is 0 Å². The van der Waals surface area contributed by atoms with E-state index < -0.39 is 5.60 Å². The average Bonchev–Trinajstić information content (AvgIpc) is 2.96. The normalized spacial score (nSPS) is 11.4.